The standard InChI is InChI=1S/C25H38N2O2S/c1-23-10-7-18(29-4)15-17(23)5-6-19-20(23)8-11-24(2)21(19)9-12-25(24,28)16-30-22-26-13-14-27(22)3/h13-15,18-21,28H,5-12,16H2,1-4H3/t18-,19-,20+,21+,23-,24+,25+/m0/s1. The first-order valence-electron chi connectivity index (χ1n) is 11.9. The number of aromatic nitrogens is 2. The molecule has 3 fully saturated rings. The van der Waals surface area contributed by atoms with Crippen molar-refractivity contribution in [2.75, 3.05) is 12.9 Å². The second-order valence-electron chi connectivity index (χ2n) is 11.0. The summed E-state index contributed by atoms with van der Waals surface area (Å²) in [7, 11) is 3.89. The number of imidazole rings is 1. The summed E-state index contributed by atoms with van der Waals surface area (Å²) < 4.78 is 7.74. The molecule has 0 amide bonds. The molecule has 0 bridgehead atoms. The molecule has 4 aliphatic rings. The minimum atomic E-state index is -0.579. The molecule has 1 aromatic heterocycles. The van der Waals surface area contributed by atoms with Crippen molar-refractivity contribution >= 4 is 11.8 Å². The van der Waals surface area contributed by atoms with Gasteiger partial charge in [0.05, 0.1) is 11.7 Å². The molecule has 0 radical (unpaired) electrons. The summed E-state index contributed by atoms with van der Waals surface area (Å²) in [6, 6.07) is 0. The number of fused-ring (bicyclic) bond motifs is 5. The van der Waals surface area contributed by atoms with Crippen LogP contribution in [-0.4, -0.2) is 39.2 Å². The maximum absolute atomic E-state index is 11.9. The third-order valence-corrected chi connectivity index (χ3v) is 11.2. The average Bonchev–Trinajstić information content (AvgIpc) is 3.26. The highest BCUT2D eigenvalue weighted by Gasteiger charge is 2.63. The van der Waals surface area contributed by atoms with E-state index in [9.17, 15) is 5.11 Å². The molecule has 3 saturated carbocycles. The molecule has 1 N–H and O–H groups in total. The Bertz CT molecular complexity index is 837. The van der Waals surface area contributed by atoms with E-state index in [1.165, 1.54) is 32.1 Å². The third kappa shape index (κ3) is 2.98. The van der Waals surface area contributed by atoms with Crippen molar-refractivity contribution in [3.63, 3.8) is 0 Å². The lowest BCUT2D eigenvalue weighted by Gasteiger charge is -2.59. The molecular weight excluding hydrogens is 392 g/mol. The quantitative estimate of drug-likeness (QED) is 0.525. The van der Waals surface area contributed by atoms with Crippen molar-refractivity contribution in [2.24, 2.45) is 35.6 Å². The molecule has 4 aliphatic carbocycles. The van der Waals surface area contributed by atoms with Gasteiger partial charge in [-0.1, -0.05) is 37.3 Å². The molecule has 0 aliphatic heterocycles. The normalized spacial score (nSPS) is 45.4. The van der Waals surface area contributed by atoms with Crippen LogP contribution in [0.15, 0.2) is 29.2 Å². The van der Waals surface area contributed by atoms with E-state index in [0.717, 1.165) is 42.0 Å². The number of hydrogen-bond acceptors (Lipinski definition) is 4. The van der Waals surface area contributed by atoms with E-state index in [0.29, 0.717) is 17.4 Å². The number of thioether (sulfide) groups is 1. The maximum atomic E-state index is 11.9. The van der Waals surface area contributed by atoms with E-state index in [1.54, 1.807) is 17.3 Å². The van der Waals surface area contributed by atoms with Gasteiger partial charge in [-0.15, -0.1) is 0 Å². The number of hydrogen-bond donors (Lipinski definition) is 1. The number of allylic oxidation sites excluding steroid dienone is 1. The number of nitrogens with zero attached hydrogens (tertiary/aromatic N) is 2. The summed E-state index contributed by atoms with van der Waals surface area (Å²) in [6.45, 7) is 4.96. The molecule has 1 heterocycles. The molecule has 166 valence electrons. The van der Waals surface area contributed by atoms with E-state index in [2.05, 4.69) is 29.5 Å². The summed E-state index contributed by atoms with van der Waals surface area (Å²) in [5.41, 5.74) is 1.48. The average molecular weight is 431 g/mol. The van der Waals surface area contributed by atoms with Crippen molar-refractivity contribution in [1.29, 1.82) is 0 Å². The Morgan fingerprint density at radius 2 is 1.97 bits per heavy atom. The number of aliphatic hydroxyl groups is 1. The van der Waals surface area contributed by atoms with Crippen LogP contribution >= 0.6 is 11.8 Å². The first-order chi connectivity index (χ1) is 14.3. The highest BCUT2D eigenvalue weighted by molar-refractivity contribution is 7.99. The first-order valence-corrected chi connectivity index (χ1v) is 12.9. The van der Waals surface area contributed by atoms with Crippen molar-refractivity contribution in [3.05, 3.63) is 24.0 Å². The fraction of sp³-hybridized carbons (Fsp3) is 0.800. The topological polar surface area (TPSA) is 47.3 Å². The molecular formula is C25H38N2O2S. The minimum absolute atomic E-state index is 0.0354. The Labute approximate surface area is 185 Å². The lowest BCUT2D eigenvalue weighted by molar-refractivity contribution is -0.116. The van der Waals surface area contributed by atoms with E-state index in [1.807, 2.05) is 26.6 Å². The van der Waals surface area contributed by atoms with Crippen LogP contribution in [-0.2, 0) is 11.8 Å². The predicted molar refractivity (Wildman–Crippen MR) is 121 cm³/mol. The van der Waals surface area contributed by atoms with Gasteiger partial charge in [0.2, 0.25) is 0 Å². The fourth-order valence-electron chi connectivity index (χ4n) is 7.90. The highest BCUT2D eigenvalue weighted by atomic mass is 32.2. The maximum Gasteiger partial charge on any atom is 0.167 e. The zero-order valence-corrected chi connectivity index (χ0v) is 19.9. The van der Waals surface area contributed by atoms with Crippen LogP contribution < -0.4 is 0 Å². The smallest absolute Gasteiger partial charge is 0.167 e. The summed E-state index contributed by atoms with van der Waals surface area (Å²) in [6.07, 6.45) is 16.1. The number of aryl methyl sites for hydroxylation is 1. The Kier molecular flexibility index (Phi) is 5.19. The SMILES string of the molecule is CO[C@@H]1C=C2CC[C@H]3[C@@H](CC[C@]4(C)[C@@H]3CC[C@@]4(O)CSc3nccn3C)[C@@]2(C)CC1. The number of ether oxygens (including phenoxy) is 1. The summed E-state index contributed by atoms with van der Waals surface area (Å²) in [5, 5.41) is 12.9. The van der Waals surface area contributed by atoms with Crippen molar-refractivity contribution in [1.82, 2.24) is 9.55 Å². The summed E-state index contributed by atoms with van der Waals surface area (Å²) in [5.74, 6) is 2.96. The lowest BCUT2D eigenvalue weighted by atomic mass is 9.46. The second kappa shape index (κ2) is 7.38. The van der Waals surface area contributed by atoms with Gasteiger partial charge in [-0.05, 0) is 74.5 Å². The van der Waals surface area contributed by atoms with Gasteiger partial charge in [0, 0.05) is 37.7 Å². The Morgan fingerprint density at radius 1 is 1.17 bits per heavy atom. The molecule has 5 rings (SSSR count). The molecule has 0 spiro atoms. The molecule has 7 atom stereocenters. The zero-order chi connectivity index (χ0) is 21.1. The van der Waals surface area contributed by atoms with Crippen molar-refractivity contribution in [2.45, 2.75) is 82.1 Å². The van der Waals surface area contributed by atoms with Crippen LogP contribution in [0, 0.1) is 28.6 Å². The lowest BCUT2D eigenvalue weighted by Crippen LogP contribution is -2.55. The van der Waals surface area contributed by atoms with Crippen LogP contribution in [0.1, 0.15) is 65.2 Å². The number of methoxy groups -OCH3 is 1. The van der Waals surface area contributed by atoms with Gasteiger partial charge in [-0.2, -0.15) is 0 Å². The van der Waals surface area contributed by atoms with Crippen LogP contribution in [0.5, 0.6) is 0 Å². The molecule has 1 aromatic rings. The van der Waals surface area contributed by atoms with Gasteiger partial charge >= 0.3 is 0 Å². The minimum Gasteiger partial charge on any atom is -0.388 e. The monoisotopic (exact) mass is 430 g/mol. The zero-order valence-electron chi connectivity index (χ0n) is 19.1. The van der Waals surface area contributed by atoms with Crippen LogP contribution in [0.25, 0.3) is 0 Å². The molecule has 0 saturated heterocycles. The molecule has 0 unspecified atom stereocenters. The molecule has 4 nitrogen and oxygen atoms in total. The van der Waals surface area contributed by atoms with E-state index in [4.69, 9.17) is 4.74 Å². The number of rotatable bonds is 4. The van der Waals surface area contributed by atoms with Crippen LogP contribution in [0.2, 0.25) is 0 Å². The summed E-state index contributed by atoms with van der Waals surface area (Å²) >= 11 is 1.73. The second-order valence-corrected chi connectivity index (χ2v) is 11.9. The molecule has 5 heteroatoms. The molecule has 30 heavy (non-hydrogen) atoms. The fourth-order valence-corrected chi connectivity index (χ4v) is 9.15. The van der Waals surface area contributed by atoms with Gasteiger partial charge in [0.15, 0.2) is 5.16 Å². The van der Waals surface area contributed by atoms with Gasteiger partial charge in [0.25, 0.3) is 0 Å². The first kappa shape index (κ1) is 21.1. The van der Waals surface area contributed by atoms with Gasteiger partial charge in [-0.25, -0.2) is 4.98 Å². The summed E-state index contributed by atoms with van der Waals surface area (Å²) in [4.78, 5) is 4.47. The van der Waals surface area contributed by atoms with E-state index < -0.39 is 5.60 Å². The van der Waals surface area contributed by atoms with Gasteiger partial charge in [0.1, 0.15) is 0 Å². The Hall–Kier alpha value is -0.780. The van der Waals surface area contributed by atoms with Gasteiger partial charge < -0.3 is 14.4 Å². The van der Waals surface area contributed by atoms with E-state index >= 15 is 0 Å². The molecule has 0 aromatic carbocycles. The Balaban J connectivity index is 1.37. The van der Waals surface area contributed by atoms with Crippen molar-refractivity contribution in [3.8, 4) is 0 Å². The Morgan fingerprint density at radius 3 is 2.70 bits per heavy atom. The largest absolute Gasteiger partial charge is 0.388 e. The van der Waals surface area contributed by atoms with Gasteiger partial charge in [-0.3, -0.25) is 0 Å². The van der Waals surface area contributed by atoms with Crippen molar-refractivity contribution < 1.29 is 9.84 Å². The third-order valence-electron chi connectivity index (χ3n) is 9.91. The highest BCUT2D eigenvalue weighted by Crippen LogP contribution is 2.68. The van der Waals surface area contributed by atoms with Crippen LogP contribution in [0.3, 0.4) is 0 Å². The predicted octanol–water partition coefficient (Wildman–Crippen LogP) is 5.22. The van der Waals surface area contributed by atoms with E-state index in [-0.39, 0.29) is 5.41 Å². The van der Waals surface area contributed by atoms with Crippen LogP contribution in [0.4, 0.5) is 0 Å².